The van der Waals surface area contributed by atoms with E-state index in [0.717, 1.165) is 32.3 Å². The van der Waals surface area contributed by atoms with Gasteiger partial charge in [-0.1, -0.05) is 18.9 Å². The van der Waals surface area contributed by atoms with E-state index in [0.29, 0.717) is 13.0 Å². The zero-order valence-corrected chi connectivity index (χ0v) is 8.96. The van der Waals surface area contributed by atoms with Gasteiger partial charge in [-0.3, -0.25) is 4.79 Å². The summed E-state index contributed by atoms with van der Waals surface area (Å²) in [5.41, 5.74) is 0. The lowest BCUT2D eigenvalue weighted by atomic mass is 10.1. The van der Waals surface area contributed by atoms with E-state index in [1.54, 1.807) is 6.08 Å². The van der Waals surface area contributed by atoms with E-state index < -0.39 is 0 Å². The maximum atomic E-state index is 10.7. The Bertz CT molecular complexity index is 155. The number of rotatable bonds is 9. The van der Waals surface area contributed by atoms with Crippen molar-refractivity contribution in [2.24, 2.45) is 0 Å². The minimum atomic E-state index is -0.118. The minimum Gasteiger partial charge on any atom is -0.469 e. The van der Waals surface area contributed by atoms with Crippen molar-refractivity contribution in [3.05, 3.63) is 12.7 Å². The number of hydrogen-bond donors (Lipinski definition) is 0. The number of carbonyl (C=O) groups is 1. The van der Waals surface area contributed by atoms with Gasteiger partial charge in [-0.15, -0.1) is 6.58 Å². The number of methoxy groups -OCH3 is 1. The van der Waals surface area contributed by atoms with Crippen molar-refractivity contribution in [3.63, 3.8) is 0 Å². The number of ether oxygens (including phenoxy) is 2. The third kappa shape index (κ3) is 9.26. The molecule has 0 heterocycles. The van der Waals surface area contributed by atoms with Crippen LogP contribution in [0, 0.1) is 0 Å². The lowest BCUT2D eigenvalue weighted by Crippen LogP contribution is -1.99. The maximum Gasteiger partial charge on any atom is 0.305 e. The fourth-order valence-electron chi connectivity index (χ4n) is 1.10. The zero-order chi connectivity index (χ0) is 10.6. The van der Waals surface area contributed by atoms with E-state index in [2.05, 4.69) is 11.3 Å². The highest BCUT2D eigenvalue weighted by Gasteiger charge is 1.98. The third-order valence-corrected chi connectivity index (χ3v) is 1.88. The molecule has 0 saturated heterocycles. The lowest BCUT2D eigenvalue weighted by molar-refractivity contribution is -0.140. The van der Waals surface area contributed by atoms with Crippen LogP contribution in [-0.2, 0) is 14.3 Å². The van der Waals surface area contributed by atoms with Crippen LogP contribution in [0.15, 0.2) is 12.7 Å². The molecule has 14 heavy (non-hydrogen) atoms. The second-order valence-corrected chi connectivity index (χ2v) is 3.10. The van der Waals surface area contributed by atoms with E-state index >= 15 is 0 Å². The Morgan fingerprint density at radius 1 is 1.29 bits per heavy atom. The van der Waals surface area contributed by atoms with Gasteiger partial charge in [0.2, 0.25) is 0 Å². The summed E-state index contributed by atoms with van der Waals surface area (Å²) in [4.78, 5) is 10.7. The van der Waals surface area contributed by atoms with Crippen LogP contribution in [0.3, 0.4) is 0 Å². The first-order valence-electron chi connectivity index (χ1n) is 5.06. The summed E-state index contributed by atoms with van der Waals surface area (Å²) < 4.78 is 9.76. The molecule has 82 valence electrons. The highest BCUT2D eigenvalue weighted by atomic mass is 16.5. The smallest absolute Gasteiger partial charge is 0.305 e. The lowest BCUT2D eigenvalue weighted by Gasteiger charge is -2.01. The molecule has 0 bridgehead atoms. The van der Waals surface area contributed by atoms with Gasteiger partial charge in [0, 0.05) is 13.0 Å². The molecule has 0 aromatic rings. The van der Waals surface area contributed by atoms with E-state index in [9.17, 15) is 4.79 Å². The van der Waals surface area contributed by atoms with E-state index in [1.807, 2.05) is 0 Å². The van der Waals surface area contributed by atoms with Crippen LogP contribution in [0.4, 0.5) is 0 Å². The molecule has 0 fully saturated rings. The molecule has 3 nitrogen and oxygen atoms in total. The predicted molar refractivity (Wildman–Crippen MR) is 56.1 cm³/mol. The summed E-state index contributed by atoms with van der Waals surface area (Å²) >= 11 is 0. The molecule has 0 saturated carbocycles. The van der Waals surface area contributed by atoms with Gasteiger partial charge in [0.15, 0.2) is 0 Å². The minimum absolute atomic E-state index is 0.118. The molecule has 0 aromatic carbocycles. The Morgan fingerprint density at radius 3 is 2.64 bits per heavy atom. The van der Waals surface area contributed by atoms with Gasteiger partial charge in [-0.05, 0) is 12.8 Å². The quantitative estimate of drug-likeness (QED) is 0.325. The highest BCUT2D eigenvalue weighted by molar-refractivity contribution is 5.68. The predicted octanol–water partition coefficient (Wildman–Crippen LogP) is 2.31. The van der Waals surface area contributed by atoms with Gasteiger partial charge in [0.1, 0.15) is 0 Å². The van der Waals surface area contributed by atoms with Gasteiger partial charge < -0.3 is 9.47 Å². The molecular formula is C11H20O3. The van der Waals surface area contributed by atoms with E-state index in [4.69, 9.17) is 4.74 Å². The third-order valence-electron chi connectivity index (χ3n) is 1.88. The first kappa shape index (κ1) is 13.2. The van der Waals surface area contributed by atoms with Gasteiger partial charge in [0.05, 0.1) is 13.7 Å². The zero-order valence-electron chi connectivity index (χ0n) is 8.96. The molecule has 0 aliphatic rings. The Hall–Kier alpha value is -0.830. The normalized spacial score (nSPS) is 9.79. The Balaban J connectivity index is 2.98. The van der Waals surface area contributed by atoms with E-state index in [-0.39, 0.29) is 5.97 Å². The first-order chi connectivity index (χ1) is 6.81. The van der Waals surface area contributed by atoms with Crippen LogP contribution in [0.2, 0.25) is 0 Å². The molecule has 0 unspecified atom stereocenters. The van der Waals surface area contributed by atoms with Crippen molar-refractivity contribution >= 4 is 5.97 Å². The molecule has 0 aliphatic carbocycles. The molecule has 0 N–H and O–H groups in total. The molecule has 0 amide bonds. The van der Waals surface area contributed by atoms with Crippen molar-refractivity contribution in [3.8, 4) is 0 Å². The highest BCUT2D eigenvalue weighted by Crippen LogP contribution is 2.03. The number of hydrogen-bond acceptors (Lipinski definition) is 3. The van der Waals surface area contributed by atoms with Crippen LogP contribution in [0.25, 0.3) is 0 Å². The monoisotopic (exact) mass is 200 g/mol. The van der Waals surface area contributed by atoms with Gasteiger partial charge in [-0.25, -0.2) is 0 Å². The molecule has 3 heteroatoms. The molecule has 0 aliphatic heterocycles. The maximum absolute atomic E-state index is 10.7. The molecule has 0 rings (SSSR count). The molecule has 0 radical (unpaired) electrons. The SMILES string of the molecule is C=CCOCCCCCCC(=O)OC. The van der Waals surface area contributed by atoms with Crippen molar-refractivity contribution in [1.29, 1.82) is 0 Å². The largest absolute Gasteiger partial charge is 0.469 e. The fraction of sp³-hybridized carbons (Fsp3) is 0.727. The Morgan fingerprint density at radius 2 is 2.00 bits per heavy atom. The summed E-state index contributed by atoms with van der Waals surface area (Å²) in [6.45, 7) is 4.97. The summed E-state index contributed by atoms with van der Waals surface area (Å²) in [6, 6.07) is 0. The molecule has 0 spiro atoms. The van der Waals surface area contributed by atoms with E-state index in [1.165, 1.54) is 7.11 Å². The number of carbonyl (C=O) groups excluding carboxylic acids is 1. The second kappa shape index (κ2) is 10.3. The Labute approximate surface area is 86.1 Å². The number of esters is 1. The van der Waals surface area contributed by atoms with Crippen molar-refractivity contribution in [1.82, 2.24) is 0 Å². The van der Waals surface area contributed by atoms with Crippen LogP contribution in [0.5, 0.6) is 0 Å². The summed E-state index contributed by atoms with van der Waals surface area (Å²) in [5.74, 6) is -0.118. The Kier molecular flexibility index (Phi) is 9.64. The van der Waals surface area contributed by atoms with Crippen LogP contribution in [0.1, 0.15) is 32.1 Å². The van der Waals surface area contributed by atoms with Crippen LogP contribution < -0.4 is 0 Å². The van der Waals surface area contributed by atoms with Crippen LogP contribution >= 0.6 is 0 Å². The molecular weight excluding hydrogens is 180 g/mol. The molecule has 0 atom stereocenters. The standard InChI is InChI=1S/C11H20O3/c1-3-9-14-10-7-5-4-6-8-11(12)13-2/h3H,1,4-10H2,2H3. The second-order valence-electron chi connectivity index (χ2n) is 3.10. The fourth-order valence-corrected chi connectivity index (χ4v) is 1.10. The van der Waals surface area contributed by atoms with Gasteiger partial charge in [0.25, 0.3) is 0 Å². The van der Waals surface area contributed by atoms with Crippen LogP contribution in [-0.4, -0.2) is 26.3 Å². The van der Waals surface area contributed by atoms with Crippen molar-refractivity contribution < 1.29 is 14.3 Å². The van der Waals surface area contributed by atoms with Gasteiger partial charge in [-0.2, -0.15) is 0 Å². The molecule has 0 aromatic heterocycles. The van der Waals surface area contributed by atoms with Crippen molar-refractivity contribution in [2.75, 3.05) is 20.3 Å². The number of unbranched alkanes of at least 4 members (excludes halogenated alkanes) is 3. The van der Waals surface area contributed by atoms with Crippen molar-refractivity contribution in [2.45, 2.75) is 32.1 Å². The summed E-state index contributed by atoms with van der Waals surface area (Å²) in [6.07, 6.45) is 6.41. The summed E-state index contributed by atoms with van der Waals surface area (Å²) in [7, 11) is 1.42. The topological polar surface area (TPSA) is 35.5 Å². The average Bonchev–Trinajstić information content (AvgIpc) is 2.21. The summed E-state index contributed by atoms with van der Waals surface area (Å²) in [5, 5.41) is 0. The van der Waals surface area contributed by atoms with Gasteiger partial charge >= 0.3 is 5.97 Å². The average molecular weight is 200 g/mol. The first-order valence-corrected chi connectivity index (χ1v) is 5.06.